The number of hydrogen-bond acceptors (Lipinski definition) is 7. The third-order valence-electron chi connectivity index (χ3n) is 5.55. The molecule has 1 atom stereocenters. The number of piperidine rings is 1. The lowest BCUT2D eigenvalue weighted by molar-refractivity contribution is 0.0632. The number of carbonyl (C=O) groups excluding carboxylic acids is 1. The monoisotopic (exact) mass is 368 g/mol. The number of nitrogens with zero attached hydrogens (tertiary/aromatic N) is 6. The molecule has 1 unspecified atom stereocenters. The van der Waals surface area contributed by atoms with Crippen molar-refractivity contribution < 1.29 is 9.53 Å². The molecule has 2 aromatic heterocycles. The summed E-state index contributed by atoms with van der Waals surface area (Å²) < 4.78 is 4.97. The van der Waals surface area contributed by atoms with Crippen molar-refractivity contribution in [2.75, 3.05) is 39.2 Å². The molecule has 2 aliphatic rings. The van der Waals surface area contributed by atoms with Crippen molar-refractivity contribution in [1.29, 1.82) is 0 Å². The summed E-state index contributed by atoms with van der Waals surface area (Å²) in [5.74, 6) is 0.689. The summed E-state index contributed by atoms with van der Waals surface area (Å²) in [7, 11) is 5.40. The molecule has 0 saturated carbocycles. The fourth-order valence-electron chi connectivity index (χ4n) is 4.16. The van der Waals surface area contributed by atoms with Gasteiger partial charge in [0.25, 0.3) is 5.91 Å². The average molecular weight is 368 g/mol. The fraction of sp³-hybridized carbons (Fsp3) is 0.526. The van der Waals surface area contributed by atoms with Gasteiger partial charge >= 0.3 is 6.01 Å². The number of carbonyl (C=O) groups is 1. The van der Waals surface area contributed by atoms with Gasteiger partial charge in [0.1, 0.15) is 0 Å². The summed E-state index contributed by atoms with van der Waals surface area (Å²) in [6, 6.07) is 0.263. The van der Waals surface area contributed by atoms with Gasteiger partial charge in [-0.3, -0.25) is 4.79 Å². The molecule has 8 nitrogen and oxygen atoms in total. The second-order valence-electron chi connectivity index (χ2n) is 7.51. The van der Waals surface area contributed by atoms with Gasteiger partial charge in [0.05, 0.1) is 18.4 Å². The Bertz CT molecular complexity index is 850. The average Bonchev–Trinajstić information content (AvgIpc) is 3.04. The predicted molar refractivity (Wildman–Crippen MR) is 100 cm³/mol. The lowest BCUT2D eigenvalue weighted by Gasteiger charge is -2.40. The Kier molecular flexibility index (Phi) is 4.41. The SMILES string of the molecule is COc1ncc(C(=O)N2CCCC3(CCc4cnc(N(C)C)nc43)C2)cn1. The number of amides is 1. The lowest BCUT2D eigenvalue weighted by Crippen LogP contribution is -2.48. The van der Waals surface area contributed by atoms with Crippen LogP contribution in [-0.2, 0) is 11.8 Å². The first-order chi connectivity index (χ1) is 13.0. The van der Waals surface area contributed by atoms with E-state index in [4.69, 9.17) is 9.72 Å². The van der Waals surface area contributed by atoms with Gasteiger partial charge in [0, 0.05) is 51.2 Å². The van der Waals surface area contributed by atoms with Crippen LogP contribution in [0.1, 0.15) is 40.9 Å². The van der Waals surface area contributed by atoms with Crippen LogP contribution in [0.3, 0.4) is 0 Å². The van der Waals surface area contributed by atoms with Gasteiger partial charge in [-0.05, 0) is 31.2 Å². The van der Waals surface area contributed by atoms with Gasteiger partial charge in [-0.1, -0.05) is 0 Å². The molecule has 0 aromatic carbocycles. The van der Waals surface area contributed by atoms with E-state index < -0.39 is 0 Å². The Morgan fingerprint density at radius 3 is 2.67 bits per heavy atom. The van der Waals surface area contributed by atoms with E-state index >= 15 is 0 Å². The fourth-order valence-corrected chi connectivity index (χ4v) is 4.16. The molecule has 3 heterocycles. The van der Waals surface area contributed by atoms with Crippen LogP contribution in [0.15, 0.2) is 18.6 Å². The lowest BCUT2D eigenvalue weighted by atomic mass is 9.77. The first-order valence-electron chi connectivity index (χ1n) is 9.21. The largest absolute Gasteiger partial charge is 0.467 e. The Hall–Kier alpha value is -2.77. The first-order valence-corrected chi connectivity index (χ1v) is 9.21. The van der Waals surface area contributed by atoms with Crippen LogP contribution < -0.4 is 9.64 Å². The number of methoxy groups -OCH3 is 1. The highest BCUT2D eigenvalue weighted by Crippen LogP contribution is 2.44. The van der Waals surface area contributed by atoms with E-state index in [1.807, 2.05) is 30.1 Å². The van der Waals surface area contributed by atoms with Gasteiger partial charge in [-0.25, -0.2) is 19.9 Å². The minimum atomic E-state index is -0.0791. The Balaban J connectivity index is 1.60. The third kappa shape index (κ3) is 3.09. The Morgan fingerprint density at radius 1 is 1.19 bits per heavy atom. The van der Waals surface area contributed by atoms with Crippen LogP contribution in [0.25, 0.3) is 0 Å². The van der Waals surface area contributed by atoms with E-state index in [2.05, 4.69) is 15.0 Å². The van der Waals surface area contributed by atoms with Crippen molar-refractivity contribution in [3.05, 3.63) is 35.4 Å². The van der Waals surface area contributed by atoms with Crippen LogP contribution in [0.5, 0.6) is 6.01 Å². The highest BCUT2D eigenvalue weighted by Gasteiger charge is 2.45. The van der Waals surface area contributed by atoms with E-state index in [0.29, 0.717) is 12.1 Å². The van der Waals surface area contributed by atoms with Crippen LogP contribution in [-0.4, -0.2) is 65.0 Å². The molecule has 1 aliphatic heterocycles. The molecule has 1 spiro atoms. The van der Waals surface area contributed by atoms with E-state index in [0.717, 1.165) is 43.9 Å². The first kappa shape index (κ1) is 17.6. The van der Waals surface area contributed by atoms with Crippen molar-refractivity contribution >= 4 is 11.9 Å². The minimum absolute atomic E-state index is 0.0351. The summed E-state index contributed by atoms with van der Waals surface area (Å²) in [5.41, 5.74) is 2.74. The Labute approximate surface area is 158 Å². The van der Waals surface area contributed by atoms with Gasteiger partial charge in [-0.2, -0.15) is 0 Å². The molecule has 27 heavy (non-hydrogen) atoms. The van der Waals surface area contributed by atoms with Crippen molar-refractivity contribution in [3.8, 4) is 6.01 Å². The van der Waals surface area contributed by atoms with Crippen LogP contribution in [0.4, 0.5) is 5.95 Å². The molecule has 1 amide bonds. The number of fused-ring (bicyclic) bond motifs is 2. The zero-order valence-corrected chi connectivity index (χ0v) is 16.0. The molecule has 1 saturated heterocycles. The summed E-state index contributed by atoms with van der Waals surface area (Å²) in [5, 5.41) is 0. The maximum absolute atomic E-state index is 13.0. The van der Waals surface area contributed by atoms with Crippen molar-refractivity contribution in [1.82, 2.24) is 24.8 Å². The van der Waals surface area contributed by atoms with E-state index in [1.165, 1.54) is 25.1 Å². The standard InChI is InChI=1S/C19H24N6O2/c1-24(2)17-20-9-13-5-7-19(15(13)23-17)6-4-8-25(12-19)16(26)14-10-21-18(27-3)22-11-14/h9-11H,4-8,12H2,1-3H3. The highest BCUT2D eigenvalue weighted by molar-refractivity contribution is 5.93. The summed E-state index contributed by atoms with van der Waals surface area (Å²) >= 11 is 0. The molecule has 1 fully saturated rings. The topological polar surface area (TPSA) is 84.3 Å². The predicted octanol–water partition coefficient (Wildman–Crippen LogP) is 1.46. The smallest absolute Gasteiger partial charge is 0.316 e. The van der Waals surface area contributed by atoms with Crippen molar-refractivity contribution in [2.24, 2.45) is 0 Å². The minimum Gasteiger partial charge on any atom is -0.467 e. The van der Waals surface area contributed by atoms with Gasteiger partial charge in [0.15, 0.2) is 0 Å². The maximum atomic E-state index is 13.0. The summed E-state index contributed by atoms with van der Waals surface area (Å²) in [6.45, 7) is 1.42. The molecule has 0 radical (unpaired) electrons. The number of ether oxygens (including phenoxy) is 1. The third-order valence-corrected chi connectivity index (χ3v) is 5.55. The highest BCUT2D eigenvalue weighted by atomic mass is 16.5. The molecular formula is C19H24N6O2. The molecule has 2 aromatic rings. The number of hydrogen-bond donors (Lipinski definition) is 0. The van der Waals surface area contributed by atoms with E-state index in [9.17, 15) is 4.79 Å². The number of aryl methyl sites for hydroxylation is 1. The number of aromatic nitrogens is 4. The van der Waals surface area contributed by atoms with E-state index in [-0.39, 0.29) is 17.3 Å². The second-order valence-corrected chi connectivity index (χ2v) is 7.51. The molecular weight excluding hydrogens is 344 g/mol. The van der Waals surface area contributed by atoms with E-state index in [1.54, 1.807) is 0 Å². The quantitative estimate of drug-likeness (QED) is 0.811. The summed E-state index contributed by atoms with van der Waals surface area (Å²) in [4.78, 5) is 34.3. The van der Waals surface area contributed by atoms with Crippen LogP contribution in [0, 0.1) is 0 Å². The molecule has 1 aliphatic carbocycles. The zero-order chi connectivity index (χ0) is 19.0. The van der Waals surface area contributed by atoms with Gasteiger partial charge in [-0.15, -0.1) is 0 Å². The number of anilines is 1. The van der Waals surface area contributed by atoms with Gasteiger partial charge in [0.2, 0.25) is 5.95 Å². The molecule has 0 bridgehead atoms. The molecule has 0 N–H and O–H groups in total. The summed E-state index contributed by atoms with van der Waals surface area (Å²) in [6.07, 6.45) is 9.00. The zero-order valence-electron chi connectivity index (χ0n) is 16.0. The van der Waals surface area contributed by atoms with Crippen molar-refractivity contribution in [2.45, 2.75) is 31.1 Å². The molecule has 4 rings (SSSR count). The normalized spacial score (nSPS) is 21.2. The van der Waals surface area contributed by atoms with Crippen LogP contribution >= 0.6 is 0 Å². The Morgan fingerprint density at radius 2 is 1.96 bits per heavy atom. The van der Waals surface area contributed by atoms with Gasteiger partial charge < -0.3 is 14.5 Å². The molecule has 142 valence electrons. The number of likely N-dealkylation sites (tertiary alicyclic amines) is 1. The maximum Gasteiger partial charge on any atom is 0.316 e. The van der Waals surface area contributed by atoms with Crippen molar-refractivity contribution in [3.63, 3.8) is 0 Å². The van der Waals surface area contributed by atoms with Crippen LogP contribution in [0.2, 0.25) is 0 Å². The molecule has 8 heteroatoms. The second kappa shape index (κ2) is 6.75. The number of rotatable bonds is 3.